The van der Waals surface area contributed by atoms with Crippen molar-refractivity contribution in [1.82, 2.24) is 15.1 Å². The normalized spacial score (nSPS) is 10.9. The molecule has 0 radical (unpaired) electrons. The zero-order valence-corrected chi connectivity index (χ0v) is 12.8. The Bertz CT molecular complexity index is 543. The SMILES string of the molecule is CCCNCc1cnn(-c2ccccc2C)c1CCC. The van der Waals surface area contributed by atoms with Gasteiger partial charge in [0.05, 0.1) is 11.9 Å². The van der Waals surface area contributed by atoms with Gasteiger partial charge in [0.15, 0.2) is 0 Å². The highest BCUT2D eigenvalue weighted by molar-refractivity contribution is 5.41. The minimum absolute atomic E-state index is 0.912. The van der Waals surface area contributed by atoms with E-state index in [4.69, 9.17) is 0 Å². The van der Waals surface area contributed by atoms with Crippen molar-refractivity contribution in [3.63, 3.8) is 0 Å². The third-order valence-electron chi connectivity index (χ3n) is 3.53. The number of aromatic nitrogens is 2. The topological polar surface area (TPSA) is 29.9 Å². The molecule has 0 saturated heterocycles. The van der Waals surface area contributed by atoms with Gasteiger partial charge in [0.25, 0.3) is 0 Å². The Labute approximate surface area is 122 Å². The van der Waals surface area contributed by atoms with Gasteiger partial charge < -0.3 is 5.32 Å². The van der Waals surface area contributed by atoms with Crippen molar-refractivity contribution in [2.24, 2.45) is 0 Å². The van der Waals surface area contributed by atoms with Crippen LogP contribution in [-0.2, 0) is 13.0 Å². The van der Waals surface area contributed by atoms with Gasteiger partial charge in [-0.3, -0.25) is 0 Å². The van der Waals surface area contributed by atoms with E-state index in [9.17, 15) is 0 Å². The van der Waals surface area contributed by atoms with Crippen molar-refractivity contribution in [2.45, 2.75) is 46.6 Å². The van der Waals surface area contributed by atoms with E-state index in [1.165, 1.54) is 22.5 Å². The molecule has 0 amide bonds. The summed E-state index contributed by atoms with van der Waals surface area (Å²) < 4.78 is 2.11. The van der Waals surface area contributed by atoms with Crippen molar-refractivity contribution in [3.8, 4) is 5.69 Å². The van der Waals surface area contributed by atoms with Crippen LogP contribution >= 0.6 is 0 Å². The van der Waals surface area contributed by atoms with Crippen LogP contribution in [0.5, 0.6) is 0 Å². The number of benzene rings is 1. The Morgan fingerprint density at radius 3 is 2.65 bits per heavy atom. The molecular formula is C17H25N3. The lowest BCUT2D eigenvalue weighted by Crippen LogP contribution is -2.15. The molecule has 2 rings (SSSR count). The number of aryl methyl sites for hydroxylation is 1. The van der Waals surface area contributed by atoms with Gasteiger partial charge in [0.1, 0.15) is 0 Å². The second-order valence-corrected chi connectivity index (χ2v) is 5.24. The summed E-state index contributed by atoms with van der Waals surface area (Å²) in [6.07, 6.45) is 5.38. The molecule has 3 heteroatoms. The summed E-state index contributed by atoms with van der Waals surface area (Å²) in [6.45, 7) is 8.52. The summed E-state index contributed by atoms with van der Waals surface area (Å²) in [5.41, 5.74) is 5.12. The minimum atomic E-state index is 0.912. The van der Waals surface area contributed by atoms with Crippen molar-refractivity contribution in [2.75, 3.05) is 6.54 Å². The van der Waals surface area contributed by atoms with Gasteiger partial charge in [-0.05, 0) is 37.9 Å². The van der Waals surface area contributed by atoms with Crippen molar-refractivity contribution in [1.29, 1.82) is 0 Å². The van der Waals surface area contributed by atoms with Crippen molar-refractivity contribution < 1.29 is 0 Å². The van der Waals surface area contributed by atoms with E-state index in [-0.39, 0.29) is 0 Å². The van der Waals surface area contributed by atoms with Crippen LogP contribution in [0.3, 0.4) is 0 Å². The third kappa shape index (κ3) is 3.28. The number of hydrogen-bond acceptors (Lipinski definition) is 2. The maximum absolute atomic E-state index is 4.62. The van der Waals surface area contributed by atoms with E-state index in [1.54, 1.807) is 0 Å². The first-order valence-corrected chi connectivity index (χ1v) is 7.60. The third-order valence-corrected chi connectivity index (χ3v) is 3.53. The Kier molecular flexibility index (Phi) is 5.36. The van der Waals surface area contributed by atoms with Crippen LogP contribution in [0, 0.1) is 6.92 Å². The number of rotatable bonds is 7. The van der Waals surface area contributed by atoms with E-state index in [0.717, 1.165) is 32.4 Å². The predicted molar refractivity (Wildman–Crippen MR) is 84.3 cm³/mol. The standard InChI is InChI=1S/C17H25N3/c1-4-8-17-15(12-18-11-5-2)13-19-20(17)16-10-7-6-9-14(16)3/h6-7,9-10,13,18H,4-5,8,11-12H2,1-3H3. The molecule has 1 aromatic carbocycles. The zero-order valence-electron chi connectivity index (χ0n) is 12.8. The summed E-state index contributed by atoms with van der Waals surface area (Å²) in [7, 11) is 0. The second kappa shape index (κ2) is 7.25. The molecule has 1 aromatic heterocycles. The average Bonchev–Trinajstić information content (AvgIpc) is 2.83. The highest BCUT2D eigenvalue weighted by Gasteiger charge is 2.12. The molecule has 1 N–H and O–H groups in total. The molecule has 0 aliphatic heterocycles. The van der Waals surface area contributed by atoms with Crippen LogP contribution in [0.15, 0.2) is 30.5 Å². The molecule has 0 bridgehead atoms. The Morgan fingerprint density at radius 1 is 1.15 bits per heavy atom. The van der Waals surface area contributed by atoms with Gasteiger partial charge in [-0.1, -0.05) is 38.5 Å². The van der Waals surface area contributed by atoms with Gasteiger partial charge in [0.2, 0.25) is 0 Å². The molecule has 0 aliphatic carbocycles. The molecule has 0 spiro atoms. The Morgan fingerprint density at radius 2 is 1.95 bits per heavy atom. The molecule has 3 nitrogen and oxygen atoms in total. The van der Waals surface area contributed by atoms with E-state index in [0.29, 0.717) is 0 Å². The fourth-order valence-electron chi connectivity index (χ4n) is 2.47. The molecule has 1 heterocycles. The summed E-state index contributed by atoms with van der Waals surface area (Å²) >= 11 is 0. The van der Waals surface area contributed by atoms with Crippen LogP contribution in [-0.4, -0.2) is 16.3 Å². The Hall–Kier alpha value is -1.61. The molecule has 0 atom stereocenters. The summed E-state index contributed by atoms with van der Waals surface area (Å²) in [5, 5.41) is 8.10. The molecular weight excluding hydrogens is 246 g/mol. The lowest BCUT2D eigenvalue weighted by Gasteiger charge is -2.11. The number of para-hydroxylation sites is 1. The first-order valence-electron chi connectivity index (χ1n) is 7.60. The van der Waals surface area contributed by atoms with Crippen LogP contribution < -0.4 is 5.32 Å². The van der Waals surface area contributed by atoms with E-state index >= 15 is 0 Å². The smallest absolute Gasteiger partial charge is 0.0678 e. The van der Waals surface area contributed by atoms with Crippen LogP contribution in [0.4, 0.5) is 0 Å². The van der Waals surface area contributed by atoms with E-state index in [2.05, 4.69) is 60.1 Å². The monoisotopic (exact) mass is 271 g/mol. The number of nitrogens with zero attached hydrogens (tertiary/aromatic N) is 2. The van der Waals surface area contributed by atoms with Crippen LogP contribution in [0.1, 0.15) is 43.5 Å². The molecule has 0 aliphatic rings. The zero-order chi connectivity index (χ0) is 14.4. The van der Waals surface area contributed by atoms with Gasteiger partial charge in [0, 0.05) is 17.8 Å². The van der Waals surface area contributed by atoms with E-state index < -0.39 is 0 Å². The van der Waals surface area contributed by atoms with Gasteiger partial charge in [-0.2, -0.15) is 5.10 Å². The van der Waals surface area contributed by atoms with Crippen LogP contribution in [0.2, 0.25) is 0 Å². The van der Waals surface area contributed by atoms with E-state index in [1.807, 2.05) is 6.20 Å². The average molecular weight is 271 g/mol. The summed E-state index contributed by atoms with van der Waals surface area (Å²) in [6, 6.07) is 8.44. The highest BCUT2D eigenvalue weighted by Crippen LogP contribution is 2.19. The highest BCUT2D eigenvalue weighted by atomic mass is 15.3. The largest absolute Gasteiger partial charge is 0.313 e. The van der Waals surface area contributed by atoms with Gasteiger partial charge in [-0.25, -0.2) is 4.68 Å². The quantitative estimate of drug-likeness (QED) is 0.779. The van der Waals surface area contributed by atoms with Crippen molar-refractivity contribution >= 4 is 0 Å². The maximum Gasteiger partial charge on any atom is 0.0678 e. The maximum atomic E-state index is 4.62. The molecule has 20 heavy (non-hydrogen) atoms. The van der Waals surface area contributed by atoms with Gasteiger partial charge >= 0.3 is 0 Å². The molecule has 0 saturated carbocycles. The first kappa shape index (κ1) is 14.8. The second-order valence-electron chi connectivity index (χ2n) is 5.24. The predicted octanol–water partition coefficient (Wildman–Crippen LogP) is 3.63. The summed E-state index contributed by atoms with van der Waals surface area (Å²) in [5.74, 6) is 0. The number of hydrogen-bond donors (Lipinski definition) is 1. The number of nitrogens with one attached hydrogen (secondary N) is 1. The van der Waals surface area contributed by atoms with Crippen molar-refractivity contribution in [3.05, 3.63) is 47.3 Å². The molecule has 2 aromatic rings. The lowest BCUT2D eigenvalue weighted by atomic mass is 10.1. The first-order chi connectivity index (χ1) is 9.77. The lowest BCUT2D eigenvalue weighted by molar-refractivity contribution is 0.666. The molecule has 0 unspecified atom stereocenters. The fourth-order valence-corrected chi connectivity index (χ4v) is 2.47. The van der Waals surface area contributed by atoms with Gasteiger partial charge in [-0.15, -0.1) is 0 Å². The fraction of sp³-hybridized carbons (Fsp3) is 0.471. The van der Waals surface area contributed by atoms with Crippen LogP contribution in [0.25, 0.3) is 5.69 Å². The molecule has 108 valence electrons. The summed E-state index contributed by atoms with van der Waals surface area (Å²) in [4.78, 5) is 0. The molecule has 0 fully saturated rings. The minimum Gasteiger partial charge on any atom is -0.313 e. The Balaban J connectivity index is 2.31.